The number of anilines is 1. The van der Waals surface area contributed by atoms with E-state index in [0.717, 1.165) is 73.3 Å². The smallest absolute Gasteiger partial charge is 0.414 e. The number of nitrogens with one attached hydrogen (secondary N) is 1. The van der Waals surface area contributed by atoms with Crippen LogP contribution in [0.5, 0.6) is 5.75 Å². The molecule has 7 nitrogen and oxygen atoms in total. The highest BCUT2D eigenvalue weighted by atomic mass is 16.5. The second-order valence-electron chi connectivity index (χ2n) is 8.21. The lowest BCUT2D eigenvalue weighted by molar-refractivity contribution is 0.175. The molecule has 2 aliphatic heterocycles. The Hall–Kier alpha value is -2.54. The number of piperidine rings is 1. The van der Waals surface area contributed by atoms with Crippen LogP contribution in [0, 0.1) is 0 Å². The summed E-state index contributed by atoms with van der Waals surface area (Å²) in [5.41, 5.74) is 4.08. The first-order chi connectivity index (χ1) is 14.6. The molecule has 0 spiro atoms. The van der Waals surface area contributed by atoms with E-state index in [9.17, 15) is 4.79 Å². The van der Waals surface area contributed by atoms with Crippen LogP contribution in [0.2, 0.25) is 0 Å². The zero-order valence-corrected chi connectivity index (χ0v) is 18.2. The molecule has 1 aromatic carbocycles. The van der Waals surface area contributed by atoms with Crippen molar-refractivity contribution in [1.82, 2.24) is 15.1 Å². The number of hydrogen-bond acceptors (Lipinski definition) is 5. The Bertz CT molecular complexity index is 889. The number of hydrogen-bond donors (Lipinski definition) is 1. The predicted molar refractivity (Wildman–Crippen MR) is 117 cm³/mol. The summed E-state index contributed by atoms with van der Waals surface area (Å²) >= 11 is 0. The quantitative estimate of drug-likeness (QED) is 0.798. The molecule has 30 heavy (non-hydrogen) atoms. The molecule has 3 heterocycles. The maximum absolute atomic E-state index is 12.4. The molecule has 0 bridgehead atoms. The number of benzene rings is 1. The van der Waals surface area contributed by atoms with Gasteiger partial charge in [-0.3, -0.25) is 9.58 Å². The molecular weight excluding hydrogens is 380 g/mol. The van der Waals surface area contributed by atoms with Gasteiger partial charge in [-0.25, -0.2) is 4.79 Å². The molecule has 2 aromatic rings. The Kier molecular flexibility index (Phi) is 6.27. The van der Waals surface area contributed by atoms with Crippen molar-refractivity contribution in [3.63, 3.8) is 0 Å². The first-order valence-corrected chi connectivity index (χ1v) is 11.0. The average molecular weight is 413 g/mol. The van der Waals surface area contributed by atoms with Gasteiger partial charge in [0, 0.05) is 28.9 Å². The van der Waals surface area contributed by atoms with Crippen molar-refractivity contribution in [2.75, 3.05) is 31.7 Å². The number of amides is 1. The summed E-state index contributed by atoms with van der Waals surface area (Å²) < 4.78 is 13.4. The molecule has 1 N–H and O–H groups in total. The van der Waals surface area contributed by atoms with Gasteiger partial charge in [-0.2, -0.15) is 5.10 Å². The number of ether oxygens (including phenoxy) is 2. The lowest BCUT2D eigenvalue weighted by Crippen LogP contribution is -2.42. The number of nitrogens with zero attached hydrogens (tertiary/aromatic N) is 3. The SMILES string of the molecule is CCCOc1c(-c2cnn(C3CCNCC3)c2)ccc2c1CCC(C)N2C(=O)OC. The molecule has 1 saturated heterocycles. The summed E-state index contributed by atoms with van der Waals surface area (Å²) in [6.07, 6.45) is 8.62. The predicted octanol–water partition coefficient (Wildman–Crippen LogP) is 4.17. The fourth-order valence-electron chi connectivity index (χ4n) is 4.53. The van der Waals surface area contributed by atoms with Crippen LogP contribution < -0.4 is 15.0 Å². The van der Waals surface area contributed by atoms with Crippen molar-refractivity contribution in [2.45, 2.75) is 58.0 Å². The van der Waals surface area contributed by atoms with E-state index in [1.54, 1.807) is 4.90 Å². The van der Waals surface area contributed by atoms with Crippen molar-refractivity contribution < 1.29 is 14.3 Å². The minimum absolute atomic E-state index is 0.0949. The third kappa shape index (κ3) is 3.90. The first kappa shape index (κ1) is 20.7. The zero-order chi connectivity index (χ0) is 21.1. The topological polar surface area (TPSA) is 68.6 Å². The van der Waals surface area contributed by atoms with Gasteiger partial charge in [-0.1, -0.05) is 6.92 Å². The molecule has 0 saturated carbocycles. The van der Waals surface area contributed by atoms with Crippen LogP contribution in [-0.4, -0.2) is 48.7 Å². The highest BCUT2D eigenvalue weighted by Crippen LogP contribution is 2.43. The number of aromatic nitrogens is 2. The molecule has 7 heteroatoms. The van der Waals surface area contributed by atoms with Gasteiger partial charge in [0.25, 0.3) is 0 Å². The van der Waals surface area contributed by atoms with E-state index in [1.807, 2.05) is 12.3 Å². The largest absolute Gasteiger partial charge is 0.493 e. The Morgan fingerprint density at radius 1 is 1.27 bits per heavy atom. The van der Waals surface area contributed by atoms with Crippen molar-refractivity contribution in [3.05, 3.63) is 30.1 Å². The van der Waals surface area contributed by atoms with Crippen molar-refractivity contribution in [1.29, 1.82) is 0 Å². The maximum Gasteiger partial charge on any atom is 0.414 e. The Labute approximate surface area is 178 Å². The second-order valence-corrected chi connectivity index (χ2v) is 8.21. The van der Waals surface area contributed by atoms with E-state index in [1.165, 1.54) is 7.11 Å². The molecule has 1 atom stereocenters. The summed E-state index contributed by atoms with van der Waals surface area (Å²) in [7, 11) is 1.43. The second kappa shape index (κ2) is 9.08. The normalized spacial score (nSPS) is 19.4. The summed E-state index contributed by atoms with van der Waals surface area (Å²) in [6, 6.07) is 4.62. The minimum Gasteiger partial charge on any atom is -0.493 e. The summed E-state index contributed by atoms with van der Waals surface area (Å²) in [6.45, 7) is 6.87. The van der Waals surface area contributed by atoms with Gasteiger partial charge < -0.3 is 14.8 Å². The van der Waals surface area contributed by atoms with Gasteiger partial charge in [0.1, 0.15) is 5.75 Å². The van der Waals surface area contributed by atoms with E-state index in [2.05, 4.69) is 41.2 Å². The van der Waals surface area contributed by atoms with Crippen molar-refractivity contribution in [2.24, 2.45) is 0 Å². The highest BCUT2D eigenvalue weighted by molar-refractivity contribution is 5.92. The highest BCUT2D eigenvalue weighted by Gasteiger charge is 2.32. The lowest BCUT2D eigenvalue weighted by Gasteiger charge is -2.35. The van der Waals surface area contributed by atoms with Gasteiger partial charge in [0.05, 0.1) is 31.6 Å². The van der Waals surface area contributed by atoms with Gasteiger partial charge in [0.15, 0.2) is 0 Å². The first-order valence-electron chi connectivity index (χ1n) is 11.0. The molecule has 1 aromatic heterocycles. The molecule has 162 valence electrons. The summed E-state index contributed by atoms with van der Waals surface area (Å²) in [4.78, 5) is 14.2. The Morgan fingerprint density at radius 3 is 2.80 bits per heavy atom. The molecule has 0 aliphatic carbocycles. The van der Waals surface area contributed by atoms with Crippen molar-refractivity contribution in [3.8, 4) is 16.9 Å². The zero-order valence-electron chi connectivity index (χ0n) is 18.2. The van der Waals surface area contributed by atoms with Crippen LogP contribution in [0.3, 0.4) is 0 Å². The Balaban J connectivity index is 1.74. The van der Waals surface area contributed by atoms with Crippen LogP contribution in [0.25, 0.3) is 11.1 Å². The van der Waals surface area contributed by atoms with Crippen molar-refractivity contribution >= 4 is 11.8 Å². The van der Waals surface area contributed by atoms with E-state index in [0.29, 0.717) is 12.6 Å². The lowest BCUT2D eigenvalue weighted by atomic mass is 9.92. The minimum atomic E-state index is -0.323. The number of carbonyl (C=O) groups is 1. The molecule has 4 rings (SSSR count). The van der Waals surface area contributed by atoms with Crippen LogP contribution in [0.1, 0.15) is 51.1 Å². The summed E-state index contributed by atoms with van der Waals surface area (Å²) in [5, 5.41) is 8.07. The maximum atomic E-state index is 12.4. The molecule has 0 radical (unpaired) electrons. The van der Waals surface area contributed by atoms with E-state index >= 15 is 0 Å². The summed E-state index contributed by atoms with van der Waals surface area (Å²) in [5.74, 6) is 0.875. The number of fused-ring (bicyclic) bond motifs is 1. The van der Waals surface area contributed by atoms with E-state index < -0.39 is 0 Å². The average Bonchev–Trinajstić information content (AvgIpc) is 3.27. The third-order valence-corrected chi connectivity index (χ3v) is 6.17. The number of rotatable bonds is 5. The molecular formula is C23H32N4O3. The standard InChI is InChI=1S/C23H32N4O3/c1-4-13-30-22-19(17-14-25-26(15-17)18-9-11-24-12-10-18)7-8-21-20(22)6-5-16(2)27(21)23(28)29-3/h7-8,14-16,18,24H,4-6,9-13H2,1-3H3. The van der Waals surface area contributed by atoms with E-state index in [4.69, 9.17) is 9.47 Å². The van der Waals surface area contributed by atoms with Gasteiger partial charge in [0.2, 0.25) is 0 Å². The van der Waals surface area contributed by atoms with Gasteiger partial charge in [-0.15, -0.1) is 0 Å². The third-order valence-electron chi connectivity index (χ3n) is 6.17. The molecule has 1 unspecified atom stereocenters. The fourth-order valence-corrected chi connectivity index (χ4v) is 4.53. The number of methoxy groups -OCH3 is 1. The number of carbonyl (C=O) groups excluding carboxylic acids is 1. The van der Waals surface area contributed by atoms with Crippen LogP contribution in [0.15, 0.2) is 24.5 Å². The van der Waals surface area contributed by atoms with Crippen LogP contribution >= 0.6 is 0 Å². The molecule has 1 amide bonds. The van der Waals surface area contributed by atoms with Crippen LogP contribution in [-0.2, 0) is 11.2 Å². The van der Waals surface area contributed by atoms with Crippen LogP contribution in [0.4, 0.5) is 10.5 Å². The molecule has 2 aliphatic rings. The Morgan fingerprint density at radius 2 is 2.07 bits per heavy atom. The fraction of sp³-hybridized carbons (Fsp3) is 0.565. The van der Waals surface area contributed by atoms with Gasteiger partial charge in [-0.05, 0) is 64.3 Å². The molecule has 1 fully saturated rings. The van der Waals surface area contributed by atoms with E-state index in [-0.39, 0.29) is 12.1 Å². The van der Waals surface area contributed by atoms with Gasteiger partial charge >= 0.3 is 6.09 Å². The monoisotopic (exact) mass is 412 g/mol.